The SMILES string of the molecule is C=CCC(CC=C)(C(=O)O)C(=O)O.OB(O)O.[LiH]. The van der Waals surface area contributed by atoms with E-state index in [2.05, 4.69) is 13.2 Å². The van der Waals surface area contributed by atoms with Crippen molar-refractivity contribution in [1.82, 2.24) is 0 Å². The summed E-state index contributed by atoms with van der Waals surface area (Å²) in [5, 5.41) is 39.1. The summed E-state index contributed by atoms with van der Waals surface area (Å²) in [6.45, 7) is 6.66. The normalized spacial score (nSPS) is 9.06. The van der Waals surface area contributed by atoms with E-state index in [1.807, 2.05) is 0 Å². The predicted octanol–water partition coefficient (Wildman–Crippen LogP) is -1.41. The number of carboxylic acids is 2. The van der Waals surface area contributed by atoms with E-state index >= 15 is 0 Å². The number of aliphatic carboxylic acids is 2. The van der Waals surface area contributed by atoms with E-state index in [0.717, 1.165) is 0 Å². The van der Waals surface area contributed by atoms with Gasteiger partial charge < -0.3 is 25.3 Å². The molecule has 0 rings (SSSR count). The third kappa shape index (κ3) is 8.11. The fourth-order valence-corrected chi connectivity index (χ4v) is 1.02. The van der Waals surface area contributed by atoms with E-state index in [4.69, 9.17) is 25.3 Å². The van der Waals surface area contributed by atoms with Crippen LogP contribution in [0.4, 0.5) is 0 Å². The van der Waals surface area contributed by atoms with Gasteiger partial charge in [-0.25, -0.2) is 0 Å². The van der Waals surface area contributed by atoms with Gasteiger partial charge in [0.2, 0.25) is 0 Å². The fraction of sp³-hybridized carbons (Fsp3) is 0.333. The molecule has 0 unspecified atom stereocenters. The van der Waals surface area contributed by atoms with Gasteiger partial charge in [-0.2, -0.15) is 0 Å². The summed E-state index contributed by atoms with van der Waals surface area (Å²) in [6, 6.07) is 0. The van der Waals surface area contributed by atoms with E-state index in [1.165, 1.54) is 12.2 Å². The molecule has 98 valence electrons. The van der Waals surface area contributed by atoms with Crippen molar-refractivity contribution in [3.63, 3.8) is 0 Å². The molecule has 5 N–H and O–H groups in total. The van der Waals surface area contributed by atoms with Crippen LogP contribution in [0.5, 0.6) is 0 Å². The van der Waals surface area contributed by atoms with E-state index < -0.39 is 24.7 Å². The van der Waals surface area contributed by atoms with Crippen molar-refractivity contribution in [2.45, 2.75) is 12.8 Å². The van der Waals surface area contributed by atoms with E-state index in [0.29, 0.717) is 0 Å². The van der Waals surface area contributed by atoms with Gasteiger partial charge in [0.25, 0.3) is 0 Å². The first-order valence-corrected chi connectivity index (χ1v) is 4.47. The van der Waals surface area contributed by atoms with Gasteiger partial charge in [0.1, 0.15) is 0 Å². The summed E-state index contributed by atoms with van der Waals surface area (Å²) < 4.78 is 0. The van der Waals surface area contributed by atoms with Crippen LogP contribution in [0.1, 0.15) is 12.8 Å². The van der Waals surface area contributed by atoms with Crippen LogP contribution in [0.2, 0.25) is 0 Å². The maximum absolute atomic E-state index is 10.8. The van der Waals surface area contributed by atoms with Crippen molar-refractivity contribution in [3.8, 4) is 0 Å². The molecule has 0 atom stereocenters. The quantitative estimate of drug-likeness (QED) is 0.223. The summed E-state index contributed by atoms with van der Waals surface area (Å²) in [5.74, 6) is -2.72. The molecule has 0 aromatic carbocycles. The van der Waals surface area contributed by atoms with Gasteiger partial charge in [0.15, 0.2) is 5.41 Å². The molecule has 0 bridgehead atoms. The minimum absolute atomic E-state index is 0. The Morgan fingerprint density at radius 1 is 1.00 bits per heavy atom. The number of allylic oxidation sites excluding steroid dienone is 2. The number of carbonyl (C=O) groups is 2. The van der Waals surface area contributed by atoms with Crippen LogP contribution in [0.3, 0.4) is 0 Å². The molecule has 0 saturated heterocycles. The molecule has 0 heterocycles. The Balaban J connectivity index is -0.000000392. The van der Waals surface area contributed by atoms with Gasteiger partial charge in [-0.05, 0) is 12.8 Å². The molecule has 0 radical (unpaired) electrons. The van der Waals surface area contributed by atoms with Gasteiger partial charge in [-0.1, -0.05) is 12.2 Å². The zero-order valence-corrected chi connectivity index (χ0v) is 9.11. The van der Waals surface area contributed by atoms with E-state index in [1.54, 1.807) is 0 Å². The Morgan fingerprint density at radius 2 is 1.22 bits per heavy atom. The molecule has 0 saturated carbocycles. The second kappa shape index (κ2) is 11.1. The molecular formula is C9H16BLiO7. The molecule has 0 fully saturated rings. The summed E-state index contributed by atoms with van der Waals surface area (Å²) in [6.07, 6.45) is 2.35. The Bertz CT molecular complexity index is 264. The average molecular weight is 254 g/mol. The molecule has 0 aliphatic heterocycles. The fourth-order valence-electron chi connectivity index (χ4n) is 1.02. The number of hydrogen-bond donors (Lipinski definition) is 5. The Hall–Kier alpha value is -1.04. The van der Waals surface area contributed by atoms with Gasteiger partial charge >= 0.3 is 38.1 Å². The topological polar surface area (TPSA) is 135 Å². The Morgan fingerprint density at radius 3 is 1.33 bits per heavy atom. The van der Waals surface area contributed by atoms with Crippen LogP contribution in [-0.2, 0) is 9.59 Å². The monoisotopic (exact) mass is 254 g/mol. The van der Waals surface area contributed by atoms with E-state index in [-0.39, 0.29) is 31.7 Å². The first-order valence-electron chi connectivity index (χ1n) is 4.47. The van der Waals surface area contributed by atoms with Crippen molar-refractivity contribution in [3.05, 3.63) is 25.3 Å². The zero-order chi connectivity index (χ0) is 14.1. The van der Waals surface area contributed by atoms with Crippen LogP contribution in [-0.4, -0.2) is 63.4 Å². The molecular weight excluding hydrogens is 238 g/mol. The zero-order valence-electron chi connectivity index (χ0n) is 9.11. The number of rotatable bonds is 6. The first kappa shape index (κ1) is 22.2. The predicted molar refractivity (Wildman–Crippen MR) is 66.9 cm³/mol. The number of hydrogen-bond acceptors (Lipinski definition) is 5. The maximum atomic E-state index is 10.8. The van der Waals surface area contributed by atoms with Crippen LogP contribution in [0.15, 0.2) is 25.3 Å². The second-order valence-corrected chi connectivity index (χ2v) is 3.02. The molecule has 9 heteroatoms. The molecule has 0 spiro atoms. The summed E-state index contributed by atoms with van der Waals surface area (Å²) >= 11 is 0. The third-order valence-electron chi connectivity index (χ3n) is 1.80. The third-order valence-corrected chi connectivity index (χ3v) is 1.80. The molecule has 18 heavy (non-hydrogen) atoms. The van der Waals surface area contributed by atoms with Gasteiger partial charge in [0, 0.05) is 0 Å². The second-order valence-electron chi connectivity index (χ2n) is 3.02. The molecule has 0 aromatic heterocycles. The van der Waals surface area contributed by atoms with Crippen molar-refractivity contribution in [2.24, 2.45) is 5.41 Å². The van der Waals surface area contributed by atoms with Crippen molar-refractivity contribution >= 4 is 38.1 Å². The molecule has 0 aromatic rings. The van der Waals surface area contributed by atoms with Crippen LogP contribution in [0.25, 0.3) is 0 Å². The summed E-state index contributed by atoms with van der Waals surface area (Å²) in [4.78, 5) is 21.5. The van der Waals surface area contributed by atoms with Crippen molar-refractivity contribution in [2.75, 3.05) is 0 Å². The Labute approximate surface area is 117 Å². The van der Waals surface area contributed by atoms with Crippen LogP contribution in [0, 0.1) is 5.41 Å². The van der Waals surface area contributed by atoms with Gasteiger partial charge in [0.05, 0.1) is 0 Å². The van der Waals surface area contributed by atoms with Crippen molar-refractivity contribution in [1.29, 1.82) is 0 Å². The standard InChI is InChI=1S/C9H12O4.BH3O3.Li.H/c1-3-5-9(6-4-2,7(10)11)8(12)13;2-1(3)4;;/h3-4H,1-2,5-6H2,(H,10,11)(H,12,13);2-4H;;. The molecule has 7 nitrogen and oxygen atoms in total. The van der Waals surface area contributed by atoms with Crippen molar-refractivity contribution < 1.29 is 34.9 Å². The van der Waals surface area contributed by atoms with Gasteiger partial charge in [-0.15, -0.1) is 13.2 Å². The molecule has 0 amide bonds. The van der Waals surface area contributed by atoms with Crippen LogP contribution < -0.4 is 0 Å². The van der Waals surface area contributed by atoms with E-state index in [9.17, 15) is 9.59 Å². The first-order chi connectivity index (χ1) is 7.74. The molecule has 0 aliphatic carbocycles. The summed E-state index contributed by atoms with van der Waals surface area (Å²) in [7, 11) is -2.17. The number of carboxylic acid groups (broad SMARTS) is 2. The summed E-state index contributed by atoms with van der Waals surface area (Å²) in [5.41, 5.74) is -1.80. The van der Waals surface area contributed by atoms with Gasteiger partial charge in [-0.3, -0.25) is 9.59 Å². The minimum atomic E-state index is -2.17. The van der Waals surface area contributed by atoms with Crippen LogP contribution >= 0.6 is 0 Å². The average Bonchev–Trinajstić information content (AvgIpc) is 2.15. The molecule has 0 aliphatic rings. The Kier molecular flexibility index (Phi) is 13.6.